The minimum atomic E-state index is -0.647. The molecule has 0 saturated heterocycles. The molecular formula is C23H32O4. The highest BCUT2D eigenvalue weighted by molar-refractivity contribution is 5.90. The zero-order chi connectivity index (χ0) is 20.2. The van der Waals surface area contributed by atoms with Crippen molar-refractivity contribution in [3.8, 4) is 5.75 Å². The predicted octanol–water partition coefficient (Wildman–Crippen LogP) is 4.78. The van der Waals surface area contributed by atoms with Crippen LogP contribution >= 0.6 is 0 Å². The largest absolute Gasteiger partial charge is 0.484 e. The van der Waals surface area contributed by atoms with Crippen LogP contribution in [0.2, 0.25) is 0 Å². The summed E-state index contributed by atoms with van der Waals surface area (Å²) in [5, 5.41) is 10.8. The van der Waals surface area contributed by atoms with Gasteiger partial charge in [-0.05, 0) is 77.1 Å². The van der Waals surface area contributed by atoms with E-state index < -0.39 is 11.7 Å². The molecule has 0 fully saturated rings. The summed E-state index contributed by atoms with van der Waals surface area (Å²) in [5.74, 6) is 0.424. The smallest absolute Gasteiger partial charge is 0.337 e. The van der Waals surface area contributed by atoms with E-state index in [2.05, 4.69) is 26.0 Å². The third-order valence-electron chi connectivity index (χ3n) is 5.04. The van der Waals surface area contributed by atoms with Gasteiger partial charge in [0.05, 0.1) is 18.8 Å². The second kappa shape index (κ2) is 8.75. The lowest BCUT2D eigenvalue weighted by Crippen LogP contribution is -2.49. The Morgan fingerprint density at radius 2 is 1.93 bits per heavy atom. The van der Waals surface area contributed by atoms with Crippen LogP contribution in [0.5, 0.6) is 5.75 Å². The Balaban J connectivity index is 2.42. The Hall–Kier alpha value is -2.07. The van der Waals surface area contributed by atoms with Crippen LogP contribution < -0.4 is 4.74 Å². The summed E-state index contributed by atoms with van der Waals surface area (Å²) in [6.45, 7) is 10.2. The van der Waals surface area contributed by atoms with E-state index in [-0.39, 0.29) is 5.97 Å². The van der Waals surface area contributed by atoms with Gasteiger partial charge in [0.1, 0.15) is 11.4 Å². The number of aliphatic hydroxyl groups excluding tert-OH is 1. The molecule has 0 aliphatic carbocycles. The van der Waals surface area contributed by atoms with Gasteiger partial charge in [0.2, 0.25) is 0 Å². The monoisotopic (exact) mass is 372 g/mol. The van der Waals surface area contributed by atoms with Crippen LogP contribution in [0.15, 0.2) is 35.4 Å². The Labute approximate surface area is 162 Å². The molecule has 4 nitrogen and oxygen atoms in total. The summed E-state index contributed by atoms with van der Waals surface area (Å²) < 4.78 is 11.3. The van der Waals surface area contributed by atoms with Crippen molar-refractivity contribution in [1.29, 1.82) is 0 Å². The highest BCUT2D eigenvalue weighted by Crippen LogP contribution is 2.39. The van der Waals surface area contributed by atoms with E-state index in [1.807, 2.05) is 26.8 Å². The van der Waals surface area contributed by atoms with Gasteiger partial charge in [-0.1, -0.05) is 23.3 Å². The Kier molecular flexibility index (Phi) is 6.88. The van der Waals surface area contributed by atoms with Crippen molar-refractivity contribution in [2.24, 2.45) is 0 Å². The van der Waals surface area contributed by atoms with E-state index in [9.17, 15) is 9.90 Å². The lowest BCUT2D eigenvalue weighted by atomic mass is 9.84. The van der Waals surface area contributed by atoms with Crippen molar-refractivity contribution in [3.05, 3.63) is 52.1 Å². The second-order valence-corrected chi connectivity index (χ2v) is 8.06. The zero-order valence-corrected chi connectivity index (χ0v) is 17.4. The molecular weight excluding hydrogens is 340 g/mol. The van der Waals surface area contributed by atoms with Crippen LogP contribution in [-0.2, 0) is 17.6 Å². The van der Waals surface area contributed by atoms with Crippen molar-refractivity contribution in [1.82, 2.24) is 0 Å². The number of rotatable bonds is 6. The van der Waals surface area contributed by atoms with Crippen LogP contribution in [0.3, 0.4) is 0 Å². The van der Waals surface area contributed by atoms with E-state index in [4.69, 9.17) is 9.47 Å². The number of carbonyl (C=O) groups is 1. The fourth-order valence-corrected chi connectivity index (χ4v) is 3.33. The minimum Gasteiger partial charge on any atom is -0.484 e. The maximum atomic E-state index is 12.1. The molecule has 0 radical (unpaired) electrons. The van der Waals surface area contributed by atoms with Crippen LogP contribution in [0.4, 0.5) is 0 Å². The first kappa shape index (κ1) is 21.2. The van der Waals surface area contributed by atoms with Gasteiger partial charge in [-0.25, -0.2) is 4.79 Å². The molecule has 1 aromatic rings. The molecule has 0 bridgehead atoms. The standard InChI is InChI=1S/C23H32O4/c1-15(2)8-7-11-23(5)20(24)14-18-13-19(22(25)26-6)12-17(21(18)27-23)10-9-16(3)4/h8-9,12-13,20,24H,7,10-11,14H2,1-6H3/t20-,23+/m0/s1. The SMILES string of the molecule is COC(=O)c1cc(CC=C(C)C)c2c(c1)C[C@H](O)[C@@](C)(CCC=C(C)C)O2. The molecule has 1 aromatic carbocycles. The first-order valence-electron chi connectivity index (χ1n) is 9.54. The molecule has 0 saturated carbocycles. The first-order valence-corrected chi connectivity index (χ1v) is 9.54. The highest BCUT2D eigenvalue weighted by atomic mass is 16.5. The van der Waals surface area contributed by atoms with E-state index in [1.165, 1.54) is 18.3 Å². The molecule has 4 heteroatoms. The van der Waals surface area contributed by atoms with Crippen LogP contribution in [0.1, 0.15) is 68.9 Å². The van der Waals surface area contributed by atoms with E-state index in [0.717, 1.165) is 29.7 Å². The van der Waals surface area contributed by atoms with Gasteiger partial charge in [-0.2, -0.15) is 0 Å². The Bertz CT molecular complexity index is 752. The summed E-state index contributed by atoms with van der Waals surface area (Å²) in [6.07, 6.45) is 6.39. The molecule has 2 rings (SSSR count). The van der Waals surface area contributed by atoms with Gasteiger partial charge in [0.15, 0.2) is 0 Å². The molecule has 0 amide bonds. The number of ether oxygens (including phenoxy) is 2. The van der Waals surface area contributed by atoms with Crippen molar-refractivity contribution in [2.75, 3.05) is 7.11 Å². The van der Waals surface area contributed by atoms with Crippen LogP contribution in [-0.4, -0.2) is 29.9 Å². The zero-order valence-electron chi connectivity index (χ0n) is 17.4. The summed E-state index contributed by atoms with van der Waals surface area (Å²) >= 11 is 0. The molecule has 148 valence electrons. The average molecular weight is 373 g/mol. The number of fused-ring (bicyclic) bond motifs is 1. The maximum Gasteiger partial charge on any atom is 0.337 e. The molecule has 0 aromatic heterocycles. The first-order chi connectivity index (χ1) is 12.7. The number of methoxy groups -OCH3 is 1. The number of aliphatic hydroxyl groups is 1. The summed E-state index contributed by atoms with van der Waals surface area (Å²) in [4.78, 5) is 12.1. The lowest BCUT2D eigenvalue weighted by molar-refractivity contribution is -0.0592. The molecule has 1 aliphatic heterocycles. The average Bonchev–Trinajstić information content (AvgIpc) is 2.59. The number of carbonyl (C=O) groups excluding carboxylic acids is 1. The second-order valence-electron chi connectivity index (χ2n) is 8.06. The molecule has 0 spiro atoms. The summed E-state index contributed by atoms with van der Waals surface area (Å²) in [6, 6.07) is 3.63. The molecule has 27 heavy (non-hydrogen) atoms. The highest BCUT2D eigenvalue weighted by Gasteiger charge is 2.40. The number of hydrogen-bond acceptors (Lipinski definition) is 4. The van der Waals surface area contributed by atoms with Gasteiger partial charge in [0, 0.05) is 6.42 Å². The summed E-state index contributed by atoms with van der Waals surface area (Å²) in [5.41, 5.74) is 4.13. The van der Waals surface area contributed by atoms with Crippen LogP contribution in [0, 0.1) is 0 Å². The fourth-order valence-electron chi connectivity index (χ4n) is 3.33. The number of allylic oxidation sites excluding steroid dienone is 4. The van der Waals surface area contributed by atoms with Crippen LogP contribution in [0.25, 0.3) is 0 Å². The Morgan fingerprint density at radius 1 is 1.26 bits per heavy atom. The minimum absolute atomic E-state index is 0.373. The van der Waals surface area contributed by atoms with Gasteiger partial charge < -0.3 is 14.6 Å². The van der Waals surface area contributed by atoms with Crippen molar-refractivity contribution >= 4 is 5.97 Å². The molecule has 1 heterocycles. The van der Waals surface area contributed by atoms with E-state index in [1.54, 1.807) is 6.07 Å². The number of benzene rings is 1. The molecule has 2 atom stereocenters. The third-order valence-corrected chi connectivity index (χ3v) is 5.04. The van der Waals surface area contributed by atoms with E-state index in [0.29, 0.717) is 18.4 Å². The topological polar surface area (TPSA) is 55.8 Å². The van der Waals surface area contributed by atoms with Crippen molar-refractivity contribution < 1.29 is 19.4 Å². The van der Waals surface area contributed by atoms with Gasteiger partial charge >= 0.3 is 5.97 Å². The van der Waals surface area contributed by atoms with Crippen molar-refractivity contribution in [3.63, 3.8) is 0 Å². The Morgan fingerprint density at radius 3 is 2.52 bits per heavy atom. The quantitative estimate of drug-likeness (QED) is 0.576. The normalized spacial score (nSPS) is 20.9. The van der Waals surface area contributed by atoms with Crippen molar-refractivity contribution in [2.45, 2.75) is 72.0 Å². The van der Waals surface area contributed by atoms with E-state index >= 15 is 0 Å². The fraction of sp³-hybridized carbons (Fsp3) is 0.522. The lowest BCUT2D eigenvalue weighted by Gasteiger charge is -2.41. The maximum absolute atomic E-state index is 12.1. The molecule has 1 aliphatic rings. The number of hydrogen-bond donors (Lipinski definition) is 1. The van der Waals surface area contributed by atoms with Gasteiger partial charge in [0.25, 0.3) is 0 Å². The third kappa shape index (κ3) is 5.23. The van der Waals surface area contributed by atoms with Gasteiger partial charge in [-0.15, -0.1) is 0 Å². The predicted molar refractivity (Wildman–Crippen MR) is 108 cm³/mol. The molecule has 1 N–H and O–H groups in total. The van der Waals surface area contributed by atoms with Gasteiger partial charge in [-0.3, -0.25) is 0 Å². The molecule has 0 unspecified atom stereocenters. The number of esters is 1. The summed E-state index contributed by atoms with van der Waals surface area (Å²) in [7, 11) is 1.38.